The number of pyridine rings is 1. The number of fused-ring (bicyclic) bond motifs is 1. The first-order valence-corrected chi connectivity index (χ1v) is 10.5. The molecule has 0 aliphatic carbocycles. The van der Waals surface area contributed by atoms with Crippen LogP contribution in [-0.2, 0) is 6.61 Å². The molecule has 4 rings (SSSR count). The van der Waals surface area contributed by atoms with Gasteiger partial charge in [0, 0.05) is 29.7 Å². The lowest BCUT2D eigenvalue weighted by molar-refractivity contribution is 0.262. The number of nitrogens with zero attached hydrogens (tertiary/aromatic N) is 2. The number of ether oxygens (including phenoxy) is 2. The van der Waals surface area contributed by atoms with Gasteiger partial charge in [0.05, 0.1) is 12.3 Å². The standard InChI is InChI=1S/C25H24N4O4/c1-3-32-21-10-8-18(9-11-21)27-25(31)28-19-5-4-6-22(13-19)33-16-20-14-24(30)29-15-17(2)7-12-23(29)26-20/h4-15H,3,16H2,1-2H3,(H2,27,28,31). The number of carbonyl (C=O) groups is 1. The van der Waals surface area contributed by atoms with E-state index < -0.39 is 0 Å². The van der Waals surface area contributed by atoms with Crippen LogP contribution in [0.4, 0.5) is 16.2 Å². The molecule has 0 aliphatic rings. The minimum Gasteiger partial charge on any atom is -0.494 e. The molecule has 2 amide bonds. The zero-order valence-corrected chi connectivity index (χ0v) is 18.4. The third-order valence-corrected chi connectivity index (χ3v) is 4.76. The van der Waals surface area contributed by atoms with Gasteiger partial charge in [-0.15, -0.1) is 0 Å². The number of benzene rings is 2. The Hall–Kier alpha value is -4.33. The molecular formula is C25H24N4O4. The van der Waals surface area contributed by atoms with E-state index in [1.54, 1.807) is 60.8 Å². The second-order valence-corrected chi connectivity index (χ2v) is 7.37. The quantitative estimate of drug-likeness (QED) is 0.434. The summed E-state index contributed by atoms with van der Waals surface area (Å²) in [6.45, 7) is 4.54. The van der Waals surface area contributed by atoms with E-state index in [4.69, 9.17) is 9.47 Å². The van der Waals surface area contributed by atoms with E-state index in [-0.39, 0.29) is 18.2 Å². The van der Waals surface area contributed by atoms with Gasteiger partial charge in [0.1, 0.15) is 23.8 Å². The predicted octanol–water partition coefficient (Wildman–Crippen LogP) is 4.62. The summed E-state index contributed by atoms with van der Waals surface area (Å²) < 4.78 is 12.7. The van der Waals surface area contributed by atoms with E-state index in [1.165, 1.54) is 10.5 Å². The molecule has 0 atom stereocenters. The van der Waals surface area contributed by atoms with Crippen LogP contribution >= 0.6 is 0 Å². The Kier molecular flexibility index (Phi) is 6.54. The number of nitrogens with one attached hydrogen (secondary N) is 2. The Morgan fingerprint density at radius 1 is 0.939 bits per heavy atom. The molecule has 0 fully saturated rings. The smallest absolute Gasteiger partial charge is 0.323 e. The first-order valence-electron chi connectivity index (χ1n) is 10.5. The van der Waals surface area contributed by atoms with Crippen molar-refractivity contribution in [1.82, 2.24) is 9.38 Å². The molecule has 2 aromatic heterocycles. The van der Waals surface area contributed by atoms with Gasteiger partial charge in [-0.3, -0.25) is 9.20 Å². The van der Waals surface area contributed by atoms with E-state index in [0.717, 1.165) is 11.3 Å². The monoisotopic (exact) mass is 444 g/mol. The minimum atomic E-state index is -0.379. The van der Waals surface area contributed by atoms with Gasteiger partial charge in [-0.25, -0.2) is 9.78 Å². The number of urea groups is 1. The van der Waals surface area contributed by atoms with Crippen LogP contribution in [0.15, 0.2) is 77.7 Å². The molecule has 168 valence electrons. The van der Waals surface area contributed by atoms with E-state index in [2.05, 4.69) is 15.6 Å². The maximum atomic E-state index is 12.3. The maximum Gasteiger partial charge on any atom is 0.323 e. The van der Waals surface area contributed by atoms with E-state index >= 15 is 0 Å². The van der Waals surface area contributed by atoms with Crippen LogP contribution < -0.4 is 25.7 Å². The number of amides is 2. The lowest BCUT2D eigenvalue weighted by atomic mass is 10.3. The zero-order valence-electron chi connectivity index (χ0n) is 18.4. The van der Waals surface area contributed by atoms with E-state index in [0.29, 0.717) is 35.1 Å². The van der Waals surface area contributed by atoms with Crippen LogP contribution in [0.3, 0.4) is 0 Å². The van der Waals surface area contributed by atoms with E-state index in [1.807, 2.05) is 19.9 Å². The molecule has 0 saturated carbocycles. The van der Waals surface area contributed by atoms with Crippen molar-refractivity contribution < 1.29 is 14.3 Å². The third kappa shape index (κ3) is 5.68. The summed E-state index contributed by atoms with van der Waals surface area (Å²) in [6, 6.07) is 18.9. The van der Waals surface area contributed by atoms with Crippen molar-refractivity contribution in [2.75, 3.05) is 17.2 Å². The van der Waals surface area contributed by atoms with Crippen molar-refractivity contribution in [2.24, 2.45) is 0 Å². The van der Waals surface area contributed by atoms with E-state index in [9.17, 15) is 9.59 Å². The summed E-state index contributed by atoms with van der Waals surface area (Å²) >= 11 is 0. The SMILES string of the molecule is CCOc1ccc(NC(=O)Nc2cccc(OCc3cc(=O)n4cc(C)ccc4n3)c2)cc1. The molecule has 2 aromatic carbocycles. The molecule has 0 radical (unpaired) electrons. The van der Waals surface area contributed by atoms with Crippen molar-refractivity contribution >= 4 is 23.1 Å². The highest BCUT2D eigenvalue weighted by molar-refractivity contribution is 5.99. The normalized spacial score (nSPS) is 10.6. The number of anilines is 2. The van der Waals surface area contributed by atoms with Gasteiger partial charge in [-0.05, 0) is 61.9 Å². The largest absolute Gasteiger partial charge is 0.494 e. The van der Waals surface area contributed by atoms with Crippen molar-refractivity contribution in [2.45, 2.75) is 20.5 Å². The fraction of sp³-hybridized carbons (Fsp3) is 0.160. The molecular weight excluding hydrogens is 420 g/mol. The van der Waals surface area contributed by atoms with Crippen LogP contribution in [-0.4, -0.2) is 22.0 Å². The first-order chi connectivity index (χ1) is 16.0. The van der Waals surface area contributed by atoms with Crippen LogP contribution in [0.1, 0.15) is 18.2 Å². The van der Waals surface area contributed by atoms with Crippen molar-refractivity contribution in [3.8, 4) is 11.5 Å². The summed E-state index contributed by atoms with van der Waals surface area (Å²) in [4.78, 5) is 29.2. The number of aromatic nitrogens is 2. The summed E-state index contributed by atoms with van der Waals surface area (Å²) in [6.07, 6.45) is 1.75. The number of aryl methyl sites for hydroxylation is 1. The molecule has 0 unspecified atom stereocenters. The number of rotatable bonds is 7. The molecule has 8 nitrogen and oxygen atoms in total. The highest BCUT2D eigenvalue weighted by Crippen LogP contribution is 2.20. The topological polar surface area (TPSA) is 94.0 Å². The molecule has 8 heteroatoms. The van der Waals surface area contributed by atoms with Crippen LogP contribution in [0.25, 0.3) is 5.65 Å². The summed E-state index contributed by atoms with van der Waals surface area (Å²) in [5.74, 6) is 1.28. The Balaban J connectivity index is 1.37. The summed E-state index contributed by atoms with van der Waals surface area (Å²) in [7, 11) is 0. The van der Waals surface area contributed by atoms with Gasteiger partial charge in [-0.2, -0.15) is 0 Å². The molecule has 0 spiro atoms. The molecule has 2 N–H and O–H groups in total. The Morgan fingerprint density at radius 3 is 2.52 bits per heavy atom. The van der Waals surface area contributed by atoms with Crippen molar-refractivity contribution in [3.05, 3.63) is 94.5 Å². The second-order valence-electron chi connectivity index (χ2n) is 7.37. The Bertz CT molecular complexity index is 1330. The first kappa shape index (κ1) is 21.9. The minimum absolute atomic E-state index is 0.126. The maximum absolute atomic E-state index is 12.3. The second kappa shape index (κ2) is 9.86. The molecule has 4 aromatic rings. The number of hydrogen-bond acceptors (Lipinski definition) is 5. The lowest BCUT2D eigenvalue weighted by Gasteiger charge is -2.11. The third-order valence-electron chi connectivity index (χ3n) is 4.76. The van der Waals surface area contributed by atoms with Gasteiger partial charge in [0.2, 0.25) is 0 Å². The van der Waals surface area contributed by atoms with Crippen molar-refractivity contribution in [3.63, 3.8) is 0 Å². The van der Waals surface area contributed by atoms with Crippen LogP contribution in [0.2, 0.25) is 0 Å². The Morgan fingerprint density at radius 2 is 1.73 bits per heavy atom. The summed E-state index contributed by atoms with van der Waals surface area (Å²) in [5, 5.41) is 5.55. The number of carbonyl (C=O) groups excluding carboxylic acids is 1. The van der Waals surface area contributed by atoms with Crippen LogP contribution in [0, 0.1) is 6.92 Å². The molecule has 0 aliphatic heterocycles. The lowest BCUT2D eigenvalue weighted by Crippen LogP contribution is -2.19. The molecule has 0 saturated heterocycles. The van der Waals surface area contributed by atoms with Crippen LogP contribution in [0.5, 0.6) is 11.5 Å². The average molecular weight is 444 g/mol. The highest BCUT2D eigenvalue weighted by Gasteiger charge is 2.07. The molecule has 0 bridgehead atoms. The highest BCUT2D eigenvalue weighted by atomic mass is 16.5. The average Bonchev–Trinajstić information content (AvgIpc) is 2.80. The van der Waals surface area contributed by atoms with Gasteiger partial charge in [0.15, 0.2) is 0 Å². The molecule has 2 heterocycles. The Labute approximate surface area is 190 Å². The van der Waals surface area contributed by atoms with Gasteiger partial charge >= 0.3 is 6.03 Å². The van der Waals surface area contributed by atoms with Crippen molar-refractivity contribution in [1.29, 1.82) is 0 Å². The fourth-order valence-corrected chi connectivity index (χ4v) is 3.25. The predicted molar refractivity (Wildman–Crippen MR) is 127 cm³/mol. The van der Waals surface area contributed by atoms with Gasteiger partial charge < -0.3 is 20.1 Å². The van der Waals surface area contributed by atoms with Gasteiger partial charge in [0.25, 0.3) is 5.56 Å². The zero-order chi connectivity index (χ0) is 23.2. The molecule has 33 heavy (non-hydrogen) atoms. The summed E-state index contributed by atoms with van der Waals surface area (Å²) in [5.41, 5.74) is 3.11. The van der Waals surface area contributed by atoms with Gasteiger partial charge in [-0.1, -0.05) is 12.1 Å². The number of hydrogen-bond donors (Lipinski definition) is 2. The fourth-order valence-electron chi connectivity index (χ4n) is 3.25.